The fraction of sp³-hybridized carbons (Fsp3) is 0.391. The molecule has 0 heterocycles. The molecule has 162 valence electrons. The average Bonchev–Trinajstić information content (AvgIpc) is 2.74. The lowest BCUT2D eigenvalue weighted by molar-refractivity contribution is -0.139. The number of amides is 2. The summed E-state index contributed by atoms with van der Waals surface area (Å²) in [5.74, 6) is 0.730. The fourth-order valence-electron chi connectivity index (χ4n) is 3.02. The van der Waals surface area contributed by atoms with Crippen LogP contribution >= 0.6 is 35.0 Å². The van der Waals surface area contributed by atoms with Gasteiger partial charge in [-0.2, -0.15) is 0 Å². The number of thioether (sulfide) groups is 1. The molecular weight excluding hydrogens is 439 g/mol. The first-order chi connectivity index (χ1) is 14.5. The van der Waals surface area contributed by atoms with E-state index < -0.39 is 6.04 Å². The van der Waals surface area contributed by atoms with E-state index in [1.54, 1.807) is 17.0 Å². The van der Waals surface area contributed by atoms with Crippen LogP contribution in [-0.4, -0.2) is 35.1 Å². The third kappa shape index (κ3) is 7.53. The Bertz CT molecular complexity index is 830. The van der Waals surface area contributed by atoms with Crippen LogP contribution in [0.25, 0.3) is 0 Å². The molecule has 0 unspecified atom stereocenters. The molecule has 30 heavy (non-hydrogen) atoms. The SMILES string of the molecule is CCCNC(=O)[C@H](CC)N(Cc1ccc(Cl)cc1)C(=O)CSCc1ccccc1Cl. The number of carbonyl (C=O) groups excluding carboxylic acids is 2. The third-order valence-electron chi connectivity index (χ3n) is 4.64. The maximum absolute atomic E-state index is 13.1. The second-order valence-corrected chi connectivity index (χ2v) is 8.78. The largest absolute Gasteiger partial charge is 0.354 e. The number of hydrogen-bond acceptors (Lipinski definition) is 3. The Balaban J connectivity index is 2.11. The van der Waals surface area contributed by atoms with Crippen molar-refractivity contribution < 1.29 is 9.59 Å². The molecule has 0 aliphatic heterocycles. The molecule has 1 N–H and O–H groups in total. The lowest BCUT2D eigenvalue weighted by Gasteiger charge is -2.30. The minimum Gasteiger partial charge on any atom is -0.354 e. The van der Waals surface area contributed by atoms with Crippen LogP contribution in [0.15, 0.2) is 48.5 Å². The van der Waals surface area contributed by atoms with Gasteiger partial charge in [-0.25, -0.2) is 0 Å². The highest BCUT2D eigenvalue weighted by Crippen LogP contribution is 2.22. The van der Waals surface area contributed by atoms with Gasteiger partial charge in [0.2, 0.25) is 11.8 Å². The van der Waals surface area contributed by atoms with Crippen molar-refractivity contribution in [1.82, 2.24) is 10.2 Å². The molecular formula is C23H28Cl2N2O2S. The van der Waals surface area contributed by atoms with Crippen molar-refractivity contribution in [1.29, 1.82) is 0 Å². The minimum atomic E-state index is -0.513. The van der Waals surface area contributed by atoms with E-state index in [1.165, 1.54) is 11.8 Å². The van der Waals surface area contributed by atoms with Gasteiger partial charge in [0.15, 0.2) is 0 Å². The molecule has 0 aliphatic rings. The summed E-state index contributed by atoms with van der Waals surface area (Å²) < 4.78 is 0. The van der Waals surface area contributed by atoms with E-state index in [-0.39, 0.29) is 17.6 Å². The van der Waals surface area contributed by atoms with Crippen LogP contribution in [0.1, 0.15) is 37.8 Å². The van der Waals surface area contributed by atoms with E-state index in [2.05, 4.69) is 5.32 Å². The Morgan fingerprint density at radius 1 is 1.07 bits per heavy atom. The van der Waals surface area contributed by atoms with Gasteiger partial charge in [-0.05, 0) is 42.2 Å². The maximum atomic E-state index is 13.1. The molecule has 0 aliphatic carbocycles. The minimum absolute atomic E-state index is 0.0690. The van der Waals surface area contributed by atoms with Crippen molar-refractivity contribution in [3.05, 3.63) is 69.7 Å². The second-order valence-electron chi connectivity index (χ2n) is 6.95. The van der Waals surface area contributed by atoms with Crippen molar-refractivity contribution in [2.75, 3.05) is 12.3 Å². The van der Waals surface area contributed by atoms with E-state index in [0.29, 0.717) is 35.3 Å². The van der Waals surface area contributed by atoms with Crippen LogP contribution in [0, 0.1) is 0 Å². The smallest absolute Gasteiger partial charge is 0.242 e. The first kappa shape index (κ1) is 24.6. The van der Waals surface area contributed by atoms with Gasteiger partial charge in [0.1, 0.15) is 6.04 Å². The number of nitrogens with one attached hydrogen (secondary N) is 1. The summed E-state index contributed by atoms with van der Waals surface area (Å²) in [5, 5.41) is 4.26. The summed E-state index contributed by atoms with van der Waals surface area (Å²) in [6.07, 6.45) is 1.39. The standard InChI is InChI=1S/C23H28Cl2N2O2S/c1-3-13-26-23(29)21(4-2)27(14-17-9-11-19(24)12-10-17)22(28)16-30-15-18-7-5-6-8-20(18)25/h5-12,21H,3-4,13-16H2,1-2H3,(H,26,29)/t21-/m0/s1. The monoisotopic (exact) mass is 466 g/mol. The molecule has 0 radical (unpaired) electrons. The van der Waals surface area contributed by atoms with Gasteiger partial charge in [-0.1, -0.05) is 67.4 Å². The Hall–Kier alpha value is -1.69. The summed E-state index contributed by atoms with van der Waals surface area (Å²) in [6.45, 7) is 4.89. The van der Waals surface area contributed by atoms with Crippen LogP contribution < -0.4 is 5.32 Å². The zero-order valence-electron chi connectivity index (χ0n) is 17.4. The van der Waals surface area contributed by atoms with Gasteiger partial charge >= 0.3 is 0 Å². The number of nitrogens with zero attached hydrogens (tertiary/aromatic N) is 1. The number of halogens is 2. The summed E-state index contributed by atoms with van der Waals surface area (Å²) in [6, 6.07) is 14.5. The summed E-state index contributed by atoms with van der Waals surface area (Å²) >= 11 is 13.7. The second kappa shape index (κ2) is 12.9. The summed E-state index contributed by atoms with van der Waals surface area (Å²) in [5.41, 5.74) is 1.93. The van der Waals surface area contributed by atoms with E-state index in [1.807, 2.05) is 50.2 Å². The highest BCUT2D eigenvalue weighted by molar-refractivity contribution is 7.99. The van der Waals surface area contributed by atoms with Crippen molar-refractivity contribution in [2.45, 2.75) is 45.0 Å². The van der Waals surface area contributed by atoms with Gasteiger partial charge in [0.05, 0.1) is 5.75 Å². The van der Waals surface area contributed by atoms with Gasteiger partial charge < -0.3 is 10.2 Å². The van der Waals surface area contributed by atoms with E-state index in [4.69, 9.17) is 23.2 Å². The molecule has 0 spiro atoms. The van der Waals surface area contributed by atoms with Crippen LogP contribution in [0.4, 0.5) is 0 Å². The molecule has 0 aromatic heterocycles. The van der Waals surface area contributed by atoms with Gasteiger partial charge in [-0.3, -0.25) is 9.59 Å². The average molecular weight is 467 g/mol. The van der Waals surface area contributed by atoms with Crippen molar-refractivity contribution >= 4 is 46.8 Å². The molecule has 1 atom stereocenters. The molecule has 2 aromatic rings. The third-order valence-corrected chi connectivity index (χ3v) is 6.23. The molecule has 2 amide bonds. The van der Waals surface area contributed by atoms with Crippen molar-refractivity contribution in [2.24, 2.45) is 0 Å². The van der Waals surface area contributed by atoms with E-state index in [0.717, 1.165) is 17.5 Å². The van der Waals surface area contributed by atoms with Crippen LogP contribution in [0.5, 0.6) is 0 Å². The zero-order chi connectivity index (χ0) is 21.9. The van der Waals surface area contributed by atoms with Crippen LogP contribution in [0.3, 0.4) is 0 Å². The van der Waals surface area contributed by atoms with E-state index >= 15 is 0 Å². The molecule has 2 aromatic carbocycles. The molecule has 2 rings (SSSR count). The van der Waals surface area contributed by atoms with Gasteiger partial charge in [-0.15, -0.1) is 11.8 Å². The van der Waals surface area contributed by atoms with Crippen molar-refractivity contribution in [3.8, 4) is 0 Å². The molecule has 4 nitrogen and oxygen atoms in total. The highest BCUT2D eigenvalue weighted by atomic mass is 35.5. The lowest BCUT2D eigenvalue weighted by Crippen LogP contribution is -2.49. The Morgan fingerprint density at radius 2 is 1.77 bits per heavy atom. The van der Waals surface area contributed by atoms with Gasteiger partial charge in [0, 0.05) is 28.9 Å². The molecule has 0 bridgehead atoms. The van der Waals surface area contributed by atoms with Crippen molar-refractivity contribution in [3.63, 3.8) is 0 Å². The normalized spacial score (nSPS) is 11.7. The topological polar surface area (TPSA) is 49.4 Å². The fourth-order valence-corrected chi connectivity index (χ4v) is 4.34. The van der Waals surface area contributed by atoms with Crippen LogP contribution in [0.2, 0.25) is 10.0 Å². The van der Waals surface area contributed by atoms with Crippen LogP contribution in [-0.2, 0) is 21.9 Å². The molecule has 0 saturated carbocycles. The Morgan fingerprint density at radius 3 is 2.40 bits per heavy atom. The predicted octanol–water partition coefficient (Wildman–Crippen LogP) is 5.56. The molecule has 0 fully saturated rings. The predicted molar refractivity (Wildman–Crippen MR) is 127 cm³/mol. The quantitative estimate of drug-likeness (QED) is 0.471. The van der Waals surface area contributed by atoms with E-state index in [9.17, 15) is 9.59 Å². The molecule has 0 saturated heterocycles. The lowest BCUT2D eigenvalue weighted by atomic mass is 10.1. The zero-order valence-corrected chi connectivity index (χ0v) is 19.7. The maximum Gasteiger partial charge on any atom is 0.242 e. The number of benzene rings is 2. The number of carbonyl (C=O) groups is 2. The van der Waals surface area contributed by atoms with Gasteiger partial charge in [0.25, 0.3) is 0 Å². The molecule has 7 heteroatoms. The number of hydrogen-bond donors (Lipinski definition) is 1. The summed E-state index contributed by atoms with van der Waals surface area (Å²) in [4.78, 5) is 27.5. The number of rotatable bonds is 11. The Kier molecular flexibility index (Phi) is 10.6. The first-order valence-electron chi connectivity index (χ1n) is 10.1. The highest BCUT2D eigenvalue weighted by Gasteiger charge is 2.28. The Labute approximate surface area is 193 Å². The first-order valence-corrected chi connectivity index (χ1v) is 12.0. The summed E-state index contributed by atoms with van der Waals surface area (Å²) in [7, 11) is 0.